The summed E-state index contributed by atoms with van der Waals surface area (Å²) >= 11 is 0.547. The fourth-order valence-corrected chi connectivity index (χ4v) is 1.06. The van der Waals surface area contributed by atoms with Crippen molar-refractivity contribution in [1.82, 2.24) is 0 Å². The summed E-state index contributed by atoms with van der Waals surface area (Å²) in [5, 5.41) is 0.799. The summed E-state index contributed by atoms with van der Waals surface area (Å²) in [5.41, 5.74) is 0. The Kier molecular flexibility index (Phi) is 3.49. The predicted molar refractivity (Wildman–Crippen MR) is 27.1 cm³/mol. The van der Waals surface area contributed by atoms with Crippen LogP contribution in [0.2, 0.25) is 11.1 Å². The van der Waals surface area contributed by atoms with Crippen molar-refractivity contribution in [2.24, 2.45) is 0 Å². The molecule has 0 aromatic rings. The fraction of sp³-hybridized carbons (Fsp3) is 0.750. The topological polar surface area (TPSA) is 17.1 Å². The summed E-state index contributed by atoms with van der Waals surface area (Å²) in [6.45, 7) is 1.63. The Morgan fingerprint density at radius 2 is 2.33 bits per heavy atom. The molecular formula is C4H8OSe. The van der Waals surface area contributed by atoms with Crippen molar-refractivity contribution in [2.45, 2.75) is 18.1 Å². The van der Waals surface area contributed by atoms with Gasteiger partial charge in [-0.2, -0.15) is 0 Å². The average Bonchev–Trinajstić information content (AvgIpc) is 1.35. The van der Waals surface area contributed by atoms with Crippen LogP contribution in [0.1, 0.15) is 6.92 Å². The Bertz CT molecular complexity index is 51.5. The van der Waals surface area contributed by atoms with E-state index >= 15 is 0 Å². The molecular weight excluding hydrogens is 143 g/mol. The van der Waals surface area contributed by atoms with Crippen molar-refractivity contribution in [3.05, 3.63) is 0 Å². The number of carbonyl (C=O) groups is 1. The number of hydrogen-bond acceptors (Lipinski definition) is 1. The van der Waals surface area contributed by atoms with Crippen LogP contribution in [-0.2, 0) is 4.79 Å². The molecule has 0 amide bonds. The molecule has 0 heterocycles. The molecule has 0 spiro atoms. The Labute approximate surface area is 44.3 Å². The Hall–Kier alpha value is 0.189. The van der Waals surface area contributed by atoms with Crippen LogP contribution in [0.15, 0.2) is 0 Å². The van der Waals surface area contributed by atoms with Crippen molar-refractivity contribution >= 4 is 20.7 Å². The average molecular weight is 151 g/mol. The maximum absolute atomic E-state index is 10.1. The van der Waals surface area contributed by atoms with Gasteiger partial charge in [-0.05, 0) is 0 Å². The van der Waals surface area contributed by atoms with E-state index in [9.17, 15) is 4.79 Å². The Morgan fingerprint density at radius 1 is 1.83 bits per heavy atom. The first-order chi connectivity index (χ1) is 2.77. The van der Waals surface area contributed by atoms with Crippen LogP contribution < -0.4 is 0 Å². The molecule has 0 rings (SSSR count). The first kappa shape index (κ1) is 6.19. The molecule has 0 N–H and O–H groups in total. The standard InChI is InChI=1S/C4H8OSe/c1-4(5)3-6-2/h3H2,1-2H3. The number of hydrogen-bond donors (Lipinski definition) is 0. The number of carbonyl (C=O) groups excluding carboxylic acids is 1. The van der Waals surface area contributed by atoms with Crippen molar-refractivity contribution in [3.63, 3.8) is 0 Å². The molecule has 0 radical (unpaired) electrons. The summed E-state index contributed by atoms with van der Waals surface area (Å²) in [4.78, 5) is 10.1. The van der Waals surface area contributed by atoms with E-state index in [-0.39, 0.29) is 0 Å². The van der Waals surface area contributed by atoms with E-state index in [2.05, 4.69) is 5.82 Å². The van der Waals surface area contributed by atoms with E-state index in [1.807, 2.05) is 0 Å². The van der Waals surface area contributed by atoms with Gasteiger partial charge in [0, 0.05) is 0 Å². The van der Waals surface area contributed by atoms with Gasteiger partial charge >= 0.3 is 43.6 Å². The molecule has 0 fully saturated rings. The minimum absolute atomic E-state index is 0.317. The van der Waals surface area contributed by atoms with Gasteiger partial charge in [0.15, 0.2) is 0 Å². The zero-order valence-corrected chi connectivity index (χ0v) is 5.74. The van der Waals surface area contributed by atoms with Gasteiger partial charge in [0.05, 0.1) is 0 Å². The molecule has 0 aromatic carbocycles. The third kappa shape index (κ3) is 4.19. The molecule has 1 nitrogen and oxygen atoms in total. The summed E-state index contributed by atoms with van der Waals surface area (Å²) in [6, 6.07) is 0. The van der Waals surface area contributed by atoms with Crippen molar-refractivity contribution in [3.8, 4) is 0 Å². The van der Waals surface area contributed by atoms with E-state index in [1.54, 1.807) is 6.92 Å². The van der Waals surface area contributed by atoms with E-state index in [0.717, 1.165) is 5.32 Å². The minimum atomic E-state index is 0.317. The normalized spacial score (nSPS) is 8.33. The molecule has 0 aliphatic heterocycles. The molecule has 0 bridgehead atoms. The van der Waals surface area contributed by atoms with Gasteiger partial charge in [0.2, 0.25) is 0 Å². The van der Waals surface area contributed by atoms with Gasteiger partial charge in [-0.3, -0.25) is 0 Å². The quantitative estimate of drug-likeness (QED) is 0.532. The van der Waals surface area contributed by atoms with E-state index in [4.69, 9.17) is 0 Å². The predicted octanol–water partition coefficient (Wildman–Crippen LogP) is 0.746. The molecule has 0 saturated carbocycles. The second-order valence-corrected chi connectivity index (χ2v) is 2.95. The molecule has 36 valence electrons. The first-order valence-electron chi connectivity index (χ1n) is 1.75. The van der Waals surface area contributed by atoms with Gasteiger partial charge < -0.3 is 0 Å². The molecule has 6 heavy (non-hydrogen) atoms. The Morgan fingerprint density at radius 3 is 2.33 bits per heavy atom. The third-order valence-corrected chi connectivity index (χ3v) is 1.81. The van der Waals surface area contributed by atoms with Gasteiger partial charge in [-0.1, -0.05) is 0 Å². The van der Waals surface area contributed by atoms with Crippen molar-refractivity contribution < 1.29 is 4.79 Å². The molecule has 0 aliphatic carbocycles. The molecule has 0 saturated heterocycles. The summed E-state index contributed by atoms with van der Waals surface area (Å²) in [5.74, 6) is 2.38. The fourth-order valence-electron chi connectivity index (χ4n) is 0.203. The van der Waals surface area contributed by atoms with Crippen LogP contribution in [0.5, 0.6) is 0 Å². The first-order valence-corrected chi connectivity index (χ1v) is 4.68. The molecule has 0 aliphatic rings. The SMILES string of the molecule is C[Se]CC(C)=O. The second kappa shape index (κ2) is 3.38. The van der Waals surface area contributed by atoms with Gasteiger partial charge in [0.1, 0.15) is 0 Å². The molecule has 0 aromatic heterocycles. The van der Waals surface area contributed by atoms with Gasteiger partial charge in [-0.25, -0.2) is 0 Å². The number of rotatable bonds is 2. The second-order valence-electron chi connectivity index (χ2n) is 1.14. The maximum atomic E-state index is 10.1. The van der Waals surface area contributed by atoms with Crippen LogP contribution in [0, 0.1) is 0 Å². The summed E-state index contributed by atoms with van der Waals surface area (Å²) < 4.78 is 0. The third-order valence-electron chi connectivity index (χ3n) is 0.348. The van der Waals surface area contributed by atoms with Crippen LogP contribution in [0.3, 0.4) is 0 Å². The van der Waals surface area contributed by atoms with E-state index in [1.165, 1.54) is 0 Å². The van der Waals surface area contributed by atoms with E-state index < -0.39 is 0 Å². The van der Waals surface area contributed by atoms with E-state index in [0.29, 0.717) is 20.7 Å². The van der Waals surface area contributed by atoms with Crippen molar-refractivity contribution in [1.29, 1.82) is 0 Å². The zero-order valence-electron chi connectivity index (χ0n) is 4.02. The summed E-state index contributed by atoms with van der Waals surface area (Å²) in [7, 11) is 0. The molecule has 2 heteroatoms. The number of ketones is 1. The monoisotopic (exact) mass is 152 g/mol. The van der Waals surface area contributed by atoms with Crippen LogP contribution in [0.4, 0.5) is 0 Å². The van der Waals surface area contributed by atoms with Crippen LogP contribution in [0.25, 0.3) is 0 Å². The Balaban J connectivity index is 2.83. The summed E-state index contributed by atoms with van der Waals surface area (Å²) in [6.07, 6.45) is 0. The zero-order chi connectivity index (χ0) is 4.99. The molecule has 0 unspecified atom stereocenters. The van der Waals surface area contributed by atoms with Crippen molar-refractivity contribution in [2.75, 3.05) is 0 Å². The number of Topliss-reactive ketones (excluding diaryl/α,β-unsaturated/α-hetero) is 1. The van der Waals surface area contributed by atoms with Crippen LogP contribution in [-0.4, -0.2) is 20.7 Å². The van der Waals surface area contributed by atoms with Crippen LogP contribution >= 0.6 is 0 Å². The van der Waals surface area contributed by atoms with Gasteiger partial charge in [-0.15, -0.1) is 0 Å². The van der Waals surface area contributed by atoms with Gasteiger partial charge in [0.25, 0.3) is 0 Å². The molecule has 0 atom stereocenters.